The molecule has 0 fully saturated rings. The maximum atomic E-state index is 10.9. The minimum Gasteiger partial charge on any atom is -0.192 e. The van der Waals surface area contributed by atoms with Gasteiger partial charge in [-0.25, -0.2) is 0 Å². The van der Waals surface area contributed by atoms with Crippen molar-refractivity contribution in [3.8, 4) is 62.7 Å². The molecule has 3 nitrogen and oxygen atoms in total. The molecular formula is C75H89N3S2. The van der Waals surface area contributed by atoms with E-state index in [1.165, 1.54) is 220 Å². The van der Waals surface area contributed by atoms with Crippen molar-refractivity contribution >= 4 is 52.2 Å². The lowest BCUT2D eigenvalue weighted by Gasteiger charge is -2.21. The molecule has 2 heterocycles. The third-order valence-electron chi connectivity index (χ3n) is 17.0. The molecule has 0 aliphatic carbocycles. The zero-order chi connectivity index (χ0) is 56.2. The molecule has 416 valence electrons. The number of nitrogens with zero attached hydrogens (tertiary/aromatic N) is 3. The van der Waals surface area contributed by atoms with Crippen molar-refractivity contribution in [1.82, 2.24) is 0 Å². The molecule has 0 N–H and O–H groups in total. The van der Waals surface area contributed by atoms with Crippen LogP contribution in [0.4, 0.5) is 0 Å². The second-order valence-corrected chi connectivity index (χ2v) is 25.4. The minimum atomic E-state index is 0.331. The third-order valence-corrected chi connectivity index (χ3v) is 19.5. The second kappa shape index (κ2) is 30.7. The number of benzene rings is 6. The van der Waals surface area contributed by atoms with Gasteiger partial charge >= 0.3 is 0 Å². The quantitative estimate of drug-likeness (QED) is 0.0395. The highest BCUT2D eigenvalue weighted by molar-refractivity contribution is 7.36. The number of unbranched alkanes of at least 4 members (excludes halogenated alkanes) is 20. The summed E-state index contributed by atoms with van der Waals surface area (Å²) in [6.45, 7) is 13.7. The SMILES string of the molecule is CCCCCCCCc1cc(-c2cc(-c3cc(CCCCCCCC)c(-c4ccc5c(c4)sc4c6ccc(C)cc6sc54)cc3CCCCCCCC)cc(-c3c(C#N)cc(C#N)cc3C#N)c2)c(CCCCCCCC)cc1C. The summed E-state index contributed by atoms with van der Waals surface area (Å²) in [5.41, 5.74) is 18.2. The van der Waals surface area contributed by atoms with Gasteiger partial charge in [0.05, 0.1) is 44.3 Å². The molecule has 8 rings (SSSR count). The van der Waals surface area contributed by atoms with Crippen molar-refractivity contribution in [2.45, 2.75) is 221 Å². The summed E-state index contributed by atoms with van der Waals surface area (Å²) in [6, 6.07) is 41.8. The Balaban J connectivity index is 1.34. The number of aryl methyl sites for hydroxylation is 6. The minimum absolute atomic E-state index is 0.331. The lowest BCUT2D eigenvalue weighted by Crippen LogP contribution is -2.01. The standard InChI is InChI=1S/C75H89N3S2/c1-7-11-15-19-23-27-31-56-46-69(57(40-54(56)6)32-28-24-20-16-12-8-2)61-43-62(45-63(44-61)73-64(51-77)41-55(50-76)42-65(73)52-78)70-48-58(33-29-25-21-17-13-9-3)68(47-59(70)34-30-26-22-18-14-10-4)60-36-38-67-72(49-60)80-74-66-37-35-53(5)39-71(66)79-75(67)74/h35-49H,7-34H2,1-6H3. The average molecular weight is 1100 g/mol. The highest BCUT2D eigenvalue weighted by atomic mass is 32.1. The summed E-state index contributed by atoms with van der Waals surface area (Å²) < 4.78 is 5.53. The predicted molar refractivity (Wildman–Crippen MR) is 348 cm³/mol. The first-order valence-corrected chi connectivity index (χ1v) is 33.0. The van der Waals surface area contributed by atoms with Crippen LogP contribution in [-0.4, -0.2) is 0 Å². The Kier molecular flexibility index (Phi) is 23.0. The van der Waals surface area contributed by atoms with E-state index in [0.717, 1.165) is 61.6 Å². The monoisotopic (exact) mass is 1100 g/mol. The van der Waals surface area contributed by atoms with Gasteiger partial charge in [-0.15, -0.1) is 22.7 Å². The lowest BCUT2D eigenvalue weighted by atomic mass is 9.83. The van der Waals surface area contributed by atoms with Crippen molar-refractivity contribution in [1.29, 1.82) is 15.8 Å². The fraction of sp³-hybridized carbons (Fsp3) is 0.453. The summed E-state index contributed by atoms with van der Waals surface area (Å²) in [5, 5.41) is 34.6. The third kappa shape index (κ3) is 15.3. The van der Waals surface area contributed by atoms with Gasteiger partial charge in [-0.1, -0.05) is 205 Å². The average Bonchev–Trinajstić information content (AvgIpc) is 4.11. The molecule has 0 amide bonds. The summed E-state index contributed by atoms with van der Waals surface area (Å²) in [7, 11) is 0. The Labute approximate surface area is 490 Å². The summed E-state index contributed by atoms with van der Waals surface area (Å²) >= 11 is 3.88. The fourth-order valence-electron chi connectivity index (χ4n) is 12.4. The molecule has 6 aromatic carbocycles. The Morgan fingerprint density at radius 1 is 0.350 bits per heavy atom. The van der Waals surface area contributed by atoms with Crippen LogP contribution in [0.2, 0.25) is 0 Å². The first-order valence-electron chi connectivity index (χ1n) is 31.4. The van der Waals surface area contributed by atoms with E-state index in [1.54, 1.807) is 12.1 Å². The topological polar surface area (TPSA) is 71.4 Å². The number of thiophene rings is 2. The molecule has 0 aliphatic rings. The molecule has 2 aromatic heterocycles. The molecule has 80 heavy (non-hydrogen) atoms. The fourth-order valence-corrected chi connectivity index (χ4v) is 15.2. The van der Waals surface area contributed by atoms with Crippen LogP contribution >= 0.6 is 22.7 Å². The van der Waals surface area contributed by atoms with Gasteiger partial charge in [0.25, 0.3) is 0 Å². The Morgan fingerprint density at radius 3 is 1.20 bits per heavy atom. The molecule has 0 aliphatic heterocycles. The summed E-state index contributed by atoms with van der Waals surface area (Å²) in [5.74, 6) is 0. The highest BCUT2D eigenvalue weighted by Gasteiger charge is 2.22. The van der Waals surface area contributed by atoms with Gasteiger partial charge in [0.2, 0.25) is 0 Å². The van der Waals surface area contributed by atoms with Crippen LogP contribution in [0.5, 0.6) is 0 Å². The van der Waals surface area contributed by atoms with Crippen LogP contribution in [0, 0.1) is 47.8 Å². The van der Waals surface area contributed by atoms with Gasteiger partial charge in [0, 0.05) is 25.7 Å². The van der Waals surface area contributed by atoms with E-state index >= 15 is 0 Å². The number of nitriles is 3. The zero-order valence-electron chi connectivity index (χ0n) is 49.6. The van der Waals surface area contributed by atoms with E-state index in [1.807, 2.05) is 22.7 Å². The molecule has 8 aromatic rings. The van der Waals surface area contributed by atoms with Crippen molar-refractivity contribution < 1.29 is 0 Å². The largest absolute Gasteiger partial charge is 0.192 e. The smallest absolute Gasteiger partial charge is 0.0999 e. The Morgan fingerprint density at radius 2 is 0.738 bits per heavy atom. The van der Waals surface area contributed by atoms with E-state index < -0.39 is 0 Å². The van der Waals surface area contributed by atoms with E-state index in [2.05, 4.69) is 139 Å². The number of rotatable bonds is 32. The molecule has 0 radical (unpaired) electrons. The second-order valence-electron chi connectivity index (χ2n) is 23.3. The van der Waals surface area contributed by atoms with E-state index in [-0.39, 0.29) is 0 Å². The van der Waals surface area contributed by atoms with Crippen LogP contribution < -0.4 is 0 Å². The Hall–Kier alpha value is -6.03. The zero-order valence-corrected chi connectivity index (χ0v) is 51.3. The first kappa shape index (κ1) is 60.1. The van der Waals surface area contributed by atoms with Gasteiger partial charge in [0.1, 0.15) is 0 Å². The van der Waals surface area contributed by atoms with Gasteiger partial charge in [0.15, 0.2) is 0 Å². The molecule has 0 saturated heterocycles. The van der Waals surface area contributed by atoms with Gasteiger partial charge < -0.3 is 0 Å². The van der Waals surface area contributed by atoms with Crippen molar-refractivity contribution in [2.75, 3.05) is 0 Å². The molecule has 0 atom stereocenters. The van der Waals surface area contributed by atoms with Crippen molar-refractivity contribution in [3.63, 3.8) is 0 Å². The van der Waals surface area contributed by atoms with Crippen LogP contribution in [0.3, 0.4) is 0 Å². The predicted octanol–water partition coefficient (Wildman–Crippen LogP) is 23.8. The van der Waals surface area contributed by atoms with Crippen LogP contribution in [-0.2, 0) is 25.7 Å². The molecule has 0 spiro atoms. The molecule has 0 bridgehead atoms. The van der Waals surface area contributed by atoms with E-state index in [9.17, 15) is 15.8 Å². The van der Waals surface area contributed by atoms with Crippen LogP contribution in [0.25, 0.3) is 74.1 Å². The van der Waals surface area contributed by atoms with Gasteiger partial charge in [-0.3, -0.25) is 0 Å². The van der Waals surface area contributed by atoms with E-state index in [4.69, 9.17) is 0 Å². The number of hydrogen-bond donors (Lipinski definition) is 0. The van der Waals surface area contributed by atoms with Crippen LogP contribution in [0.15, 0.2) is 91.0 Å². The molecule has 0 unspecified atom stereocenters. The number of fused-ring (bicyclic) bond motifs is 5. The highest BCUT2D eigenvalue weighted by Crippen LogP contribution is 2.47. The lowest BCUT2D eigenvalue weighted by molar-refractivity contribution is 0.605. The first-order chi connectivity index (χ1) is 39.2. The summed E-state index contributed by atoms with van der Waals surface area (Å²) in [6.07, 6.45) is 33.8. The van der Waals surface area contributed by atoms with Gasteiger partial charge in [-0.2, -0.15) is 15.8 Å². The van der Waals surface area contributed by atoms with Crippen molar-refractivity contribution in [2.24, 2.45) is 0 Å². The Bertz CT molecular complexity index is 3440. The molecule has 5 heteroatoms. The number of hydrogen-bond acceptors (Lipinski definition) is 5. The maximum absolute atomic E-state index is 10.9. The molecule has 0 saturated carbocycles. The van der Waals surface area contributed by atoms with Crippen LogP contribution in [0.1, 0.15) is 232 Å². The maximum Gasteiger partial charge on any atom is 0.0999 e. The summed E-state index contributed by atoms with van der Waals surface area (Å²) in [4.78, 5) is 0. The van der Waals surface area contributed by atoms with Gasteiger partial charge in [-0.05, 0) is 180 Å². The molecular weight excluding hydrogens is 1010 g/mol. The normalized spacial score (nSPS) is 11.5. The van der Waals surface area contributed by atoms with Crippen molar-refractivity contribution in [3.05, 3.63) is 141 Å². The van der Waals surface area contributed by atoms with E-state index in [0.29, 0.717) is 22.3 Å².